The first-order valence-electron chi connectivity index (χ1n) is 3.98. The van der Waals surface area contributed by atoms with Gasteiger partial charge in [-0.15, -0.1) is 0 Å². The Morgan fingerprint density at radius 1 is 1.60 bits per heavy atom. The normalized spacial score (nSPS) is 28.2. The van der Waals surface area contributed by atoms with E-state index < -0.39 is 0 Å². The van der Waals surface area contributed by atoms with Gasteiger partial charge in [-0.3, -0.25) is 0 Å². The molecule has 2 heteroatoms. The van der Waals surface area contributed by atoms with Crippen molar-refractivity contribution < 1.29 is 9.84 Å². The van der Waals surface area contributed by atoms with Crippen molar-refractivity contribution in [1.82, 2.24) is 0 Å². The first-order chi connectivity index (χ1) is 4.75. The van der Waals surface area contributed by atoms with Crippen molar-refractivity contribution in [2.45, 2.75) is 26.4 Å². The maximum atomic E-state index is 8.95. The Balaban J connectivity index is 2.31. The summed E-state index contributed by atoms with van der Waals surface area (Å²) in [5.41, 5.74) is 0. The van der Waals surface area contributed by atoms with Crippen LogP contribution in [-0.2, 0) is 4.74 Å². The number of aliphatic hydroxyl groups is 1. The highest BCUT2D eigenvalue weighted by molar-refractivity contribution is 4.77. The van der Waals surface area contributed by atoms with Crippen LogP contribution in [0.5, 0.6) is 0 Å². The summed E-state index contributed by atoms with van der Waals surface area (Å²) in [6, 6.07) is 0. The van der Waals surface area contributed by atoms with Gasteiger partial charge in [-0.1, -0.05) is 13.8 Å². The summed E-state index contributed by atoms with van der Waals surface area (Å²) in [7, 11) is 0. The molecule has 1 fully saturated rings. The minimum atomic E-state index is 0.266. The van der Waals surface area contributed by atoms with E-state index >= 15 is 0 Å². The topological polar surface area (TPSA) is 29.5 Å². The quantitative estimate of drug-likeness (QED) is 0.641. The van der Waals surface area contributed by atoms with E-state index in [2.05, 4.69) is 13.8 Å². The number of ether oxygens (including phenoxy) is 1. The molecular formula is C8H16O2. The fourth-order valence-corrected chi connectivity index (χ4v) is 1.35. The van der Waals surface area contributed by atoms with Crippen molar-refractivity contribution in [3.8, 4) is 0 Å². The van der Waals surface area contributed by atoms with Crippen LogP contribution in [0.1, 0.15) is 20.3 Å². The highest BCUT2D eigenvalue weighted by atomic mass is 16.5. The summed E-state index contributed by atoms with van der Waals surface area (Å²) in [5, 5.41) is 8.95. The molecule has 0 amide bonds. The number of hydrogen-bond donors (Lipinski definition) is 1. The Bertz CT molecular complexity index is 97.4. The lowest BCUT2D eigenvalue weighted by molar-refractivity contribution is -0.106. The lowest BCUT2D eigenvalue weighted by Gasteiger charge is -2.35. The first-order valence-corrected chi connectivity index (χ1v) is 3.98. The van der Waals surface area contributed by atoms with Gasteiger partial charge in [0.2, 0.25) is 0 Å². The largest absolute Gasteiger partial charge is 0.396 e. The van der Waals surface area contributed by atoms with Gasteiger partial charge in [0.25, 0.3) is 0 Å². The standard InChI is InChI=1S/C8H16O2/c1-6(2)7(5-9)8-3-4-10-8/h6-9H,3-5H2,1-2H3. The van der Waals surface area contributed by atoms with Crippen LogP contribution in [0.15, 0.2) is 0 Å². The maximum absolute atomic E-state index is 8.95. The summed E-state index contributed by atoms with van der Waals surface area (Å²) in [5.74, 6) is 0.893. The summed E-state index contributed by atoms with van der Waals surface area (Å²) < 4.78 is 5.29. The van der Waals surface area contributed by atoms with Gasteiger partial charge in [-0.2, -0.15) is 0 Å². The van der Waals surface area contributed by atoms with Gasteiger partial charge in [0.05, 0.1) is 6.10 Å². The number of aliphatic hydroxyl groups excluding tert-OH is 1. The fourth-order valence-electron chi connectivity index (χ4n) is 1.35. The minimum absolute atomic E-state index is 0.266. The molecule has 1 heterocycles. The van der Waals surface area contributed by atoms with Crippen LogP contribution in [0.2, 0.25) is 0 Å². The third-order valence-corrected chi connectivity index (χ3v) is 2.28. The summed E-state index contributed by atoms with van der Waals surface area (Å²) in [6.07, 6.45) is 1.47. The monoisotopic (exact) mass is 144 g/mol. The van der Waals surface area contributed by atoms with E-state index in [9.17, 15) is 0 Å². The minimum Gasteiger partial charge on any atom is -0.396 e. The van der Waals surface area contributed by atoms with Crippen molar-refractivity contribution in [2.75, 3.05) is 13.2 Å². The van der Waals surface area contributed by atoms with E-state index in [0.717, 1.165) is 13.0 Å². The average Bonchev–Trinajstić information content (AvgIpc) is 1.76. The third-order valence-electron chi connectivity index (χ3n) is 2.28. The molecule has 2 nitrogen and oxygen atoms in total. The summed E-state index contributed by atoms with van der Waals surface area (Å²) >= 11 is 0. The van der Waals surface area contributed by atoms with Crippen molar-refractivity contribution in [2.24, 2.45) is 11.8 Å². The van der Waals surface area contributed by atoms with Gasteiger partial charge in [-0.05, 0) is 12.3 Å². The molecule has 2 atom stereocenters. The number of hydrogen-bond acceptors (Lipinski definition) is 2. The SMILES string of the molecule is CC(C)C(CO)C1CCO1. The van der Waals surface area contributed by atoms with E-state index in [4.69, 9.17) is 9.84 Å². The summed E-state index contributed by atoms with van der Waals surface area (Å²) in [4.78, 5) is 0. The van der Waals surface area contributed by atoms with Crippen molar-refractivity contribution in [3.05, 3.63) is 0 Å². The second kappa shape index (κ2) is 3.35. The molecule has 0 aromatic heterocycles. The van der Waals surface area contributed by atoms with Gasteiger partial charge in [0.1, 0.15) is 0 Å². The molecule has 2 unspecified atom stereocenters. The molecule has 0 aromatic carbocycles. The van der Waals surface area contributed by atoms with Crippen LogP contribution in [-0.4, -0.2) is 24.4 Å². The molecule has 1 saturated heterocycles. The molecular weight excluding hydrogens is 128 g/mol. The van der Waals surface area contributed by atoms with Crippen molar-refractivity contribution >= 4 is 0 Å². The van der Waals surface area contributed by atoms with E-state index in [1.165, 1.54) is 0 Å². The van der Waals surface area contributed by atoms with Crippen LogP contribution in [0.3, 0.4) is 0 Å². The van der Waals surface area contributed by atoms with Gasteiger partial charge in [0.15, 0.2) is 0 Å². The summed E-state index contributed by atoms with van der Waals surface area (Å²) in [6.45, 7) is 5.40. The molecule has 1 N–H and O–H groups in total. The smallest absolute Gasteiger partial charge is 0.0649 e. The van der Waals surface area contributed by atoms with Crippen LogP contribution in [0.25, 0.3) is 0 Å². The first kappa shape index (κ1) is 8.02. The van der Waals surface area contributed by atoms with E-state index in [0.29, 0.717) is 17.9 Å². The van der Waals surface area contributed by atoms with E-state index in [1.54, 1.807) is 0 Å². The average molecular weight is 144 g/mol. The Labute approximate surface area is 62.2 Å². The fraction of sp³-hybridized carbons (Fsp3) is 1.00. The van der Waals surface area contributed by atoms with Crippen LogP contribution in [0.4, 0.5) is 0 Å². The molecule has 0 bridgehead atoms. The molecule has 1 aliphatic rings. The molecule has 0 aromatic rings. The molecule has 1 aliphatic heterocycles. The van der Waals surface area contributed by atoms with Gasteiger partial charge < -0.3 is 9.84 Å². The Morgan fingerprint density at radius 2 is 2.20 bits per heavy atom. The van der Waals surface area contributed by atoms with Crippen LogP contribution < -0.4 is 0 Å². The van der Waals surface area contributed by atoms with Crippen LogP contribution >= 0.6 is 0 Å². The third kappa shape index (κ3) is 1.50. The second-order valence-corrected chi connectivity index (χ2v) is 3.29. The Kier molecular flexibility index (Phi) is 2.69. The highest BCUT2D eigenvalue weighted by Crippen LogP contribution is 2.25. The molecule has 1 rings (SSSR count). The number of rotatable bonds is 3. The molecule has 0 saturated carbocycles. The highest BCUT2D eigenvalue weighted by Gasteiger charge is 2.29. The lowest BCUT2D eigenvalue weighted by atomic mass is 9.87. The Hall–Kier alpha value is -0.0800. The Morgan fingerprint density at radius 3 is 2.30 bits per heavy atom. The molecule has 10 heavy (non-hydrogen) atoms. The lowest BCUT2D eigenvalue weighted by Crippen LogP contribution is -2.39. The molecule has 0 radical (unpaired) electrons. The van der Waals surface area contributed by atoms with Gasteiger partial charge >= 0.3 is 0 Å². The van der Waals surface area contributed by atoms with E-state index in [1.807, 2.05) is 0 Å². The van der Waals surface area contributed by atoms with Gasteiger partial charge in [0, 0.05) is 19.1 Å². The molecule has 60 valence electrons. The second-order valence-electron chi connectivity index (χ2n) is 3.29. The van der Waals surface area contributed by atoms with Gasteiger partial charge in [-0.25, -0.2) is 0 Å². The molecule has 0 aliphatic carbocycles. The molecule has 0 spiro atoms. The zero-order chi connectivity index (χ0) is 7.56. The van der Waals surface area contributed by atoms with E-state index in [-0.39, 0.29) is 6.61 Å². The zero-order valence-corrected chi connectivity index (χ0v) is 6.71. The predicted octanol–water partition coefficient (Wildman–Crippen LogP) is 1.04. The maximum Gasteiger partial charge on any atom is 0.0649 e. The zero-order valence-electron chi connectivity index (χ0n) is 6.71. The van der Waals surface area contributed by atoms with Crippen LogP contribution in [0, 0.1) is 11.8 Å². The predicted molar refractivity (Wildman–Crippen MR) is 39.8 cm³/mol. The van der Waals surface area contributed by atoms with Crippen molar-refractivity contribution in [1.29, 1.82) is 0 Å². The van der Waals surface area contributed by atoms with Crippen molar-refractivity contribution in [3.63, 3.8) is 0 Å².